The summed E-state index contributed by atoms with van der Waals surface area (Å²) in [5, 5.41) is 11.6. The molecule has 0 bridgehead atoms. The molecule has 3 nitrogen and oxygen atoms in total. The molecule has 0 aliphatic heterocycles. The number of benzene rings is 2. The first-order chi connectivity index (χ1) is 11.3. The van der Waals surface area contributed by atoms with E-state index in [-0.39, 0.29) is 0 Å². The van der Waals surface area contributed by atoms with Crippen LogP contribution in [0.3, 0.4) is 0 Å². The van der Waals surface area contributed by atoms with Crippen molar-refractivity contribution < 1.29 is 0 Å². The second kappa shape index (κ2) is 5.26. The van der Waals surface area contributed by atoms with Gasteiger partial charge in [0.1, 0.15) is 5.65 Å². The molecular weight excluding hydrogens is 282 g/mol. The van der Waals surface area contributed by atoms with Gasteiger partial charge in [0, 0.05) is 11.8 Å². The maximum absolute atomic E-state index is 9.20. The van der Waals surface area contributed by atoms with Crippen LogP contribution in [0.4, 0.5) is 0 Å². The Labute approximate surface area is 134 Å². The highest BCUT2D eigenvalue weighted by Gasteiger charge is 2.14. The molecule has 0 atom stereocenters. The zero-order chi connectivity index (χ0) is 15.8. The first-order valence-corrected chi connectivity index (χ1v) is 7.60. The van der Waals surface area contributed by atoms with E-state index in [1.54, 1.807) is 0 Å². The van der Waals surface area contributed by atoms with E-state index in [2.05, 4.69) is 36.4 Å². The van der Waals surface area contributed by atoms with Gasteiger partial charge in [-0.15, -0.1) is 0 Å². The molecule has 0 unspecified atom stereocenters. The molecule has 0 N–H and O–H groups in total. The van der Waals surface area contributed by atoms with E-state index in [0.29, 0.717) is 6.42 Å². The summed E-state index contributed by atoms with van der Waals surface area (Å²) >= 11 is 0. The van der Waals surface area contributed by atoms with Crippen LogP contribution in [0.5, 0.6) is 0 Å². The van der Waals surface area contributed by atoms with Crippen LogP contribution in [0, 0.1) is 18.3 Å². The molecule has 0 spiro atoms. The van der Waals surface area contributed by atoms with Crippen molar-refractivity contribution in [1.29, 1.82) is 5.26 Å². The first kappa shape index (κ1) is 13.5. The number of hydrogen-bond acceptors (Lipinski definition) is 2. The van der Waals surface area contributed by atoms with Gasteiger partial charge in [0.25, 0.3) is 0 Å². The van der Waals surface area contributed by atoms with E-state index < -0.39 is 0 Å². The van der Waals surface area contributed by atoms with Gasteiger partial charge in [-0.1, -0.05) is 36.4 Å². The number of fused-ring (bicyclic) bond motifs is 2. The van der Waals surface area contributed by atoms with Crippen molar-refractivity contribution in [2.45, 2.75) is 13.3 Å². The maximum Gasteiger partial charge on any atom is 0.137 e. The highest BCUT2D eigenvalue weighted by atomic mass is 15.0. The van der Waals surface area contributed by atoms with Crippen LogP contribution < -0.4 is 0 Å². The zero-order valence-electron chi connectivity index (χ0n) is 12.8. The Morgan fingerprint density at radius 2 is 1.87 bits per heavy atom. The number of aryl methyl sites for hydroxylation is 1. The quantitative estimate of drug-likeness (QED) is 0.545. The van der Waals surface area contributed by atoms with Gasteiger partial charge in [-0.3, -0.25) is 0 Å². The third-order valence-corrected chi connectivity index (χ3v) is 4.15. The molecule has 110 valence electrons. The molecule has 0 saturated heterocycles. The zero-order valence-corrected chi connectivity index (χ0v) is 12.8. The molecular formula is C20H15N3. The highest BCUT2D eigenvalue weighted by Crippen LogP contribution is 2.28. The number of aromatic nitrogens is 2. The van der Waals surface area contributed by atoms with E-state index in [1.807, 2.05) is 41.8 Å². The molecule has 0 aliphatic rings. The highest BCUT2D eigenvalue weighted by molar-refractivity contribution is 5.87. The first-order valence-electron chi connectivity index (χ1n) is 7.60. The fourth-order valence-electron chi connectivity index (χ4n) is 3.01. The number of nitriles is 1. The predicted molar refractivity (Wildman–Crippen MR) is 92.2 cm³/mol. The molecule has 4 rings (SSSR count). The monoisotopic (exact) mass is 297 g/mol. The molecule has 0 fully saturated rings. The molecule has 0 saturated carbocycles. The standard InChI is InChI=1S/C20H15N3/c1-14-9-11-23-18(8-10-21)20(22-19(23)12-14)17-7-6-15-4-2-3-5-16(15)13-17/h2-7,9,11-13H,8H2,1H3. The lowest BCUT2D eigenvalue weighted by Gasteiger charge is -2.04. The predicted octanol–water partition coefficient (Wildman–Crippen LogP) is 4.53. The van der Waals surface area contributed by atoms with Crippen molar-refractivity contribution in [3.05, 3.63) is 72.1 Å². The van der Waals surface area contributed by atoms with Crippen molar-refractivity contribution in [3.63, 3.8) is 0 Å². The van der Waals surface area contributed by atoms with E-state index in [0.717, 1.165) is 28.2 Å². The molecule has 23 heavy (non-hydrogen) atoms. The number of hydrogen-bond donors (Lipinski definition) is 0. The Morgan fingerprint density at radius 1 is 1.04 bits per heavy atom. The van der Waals surface area contributed by atoms with Crippen molar-refractivity contribution >= 4 is 16.4 Å². The minimum atomic E-state index is 0.340. The summed E-state index contributed by atoms with van der Waals surface area (Å²) in [6.07, 6.45) is 2.33. The second-order valence-electron chi connectivity index (χ2n) is 5.74. The van der Waals surface area contributed by atoms with Gasteiger partial charge >= 0.3 is 0 Å². The van der Waals surface area contributed by atoms with Gasteiger partial charge < -0.3 is 4.40 Å². The smallest absolute Gasteiger partial charge is 0.137 e. The molecule has 3 heteroatoms. The van der Waals surface area contributed by atoms with E-state index in [4.69, 9.17) is 4.98 Å². The number of nitrogens with zero attached hydrogens (tertiary/aromatic N) is 3. The van der Waals surface area contributed by atoms with Crippen molar-refractivity contribution in [2.24, 2.45) is 0 Å². The summed E-state index contributed by atoms with van der Waals surface area (Å²) in [6, 6.07) is 21.0. The maximum atomic E-state index is 9.20. The average Bonchev–Trinajstić information content (AvgIpc) is 2.92. The summed E-state index contributed by atoms with van der Waals surface area (Å²) < 4.78 is 2.01. The van der Waals surface area contributed by atoms with E-state index in [9.17, 15) is 5.26 Å². The molecule has 0 radical (unpaired) electrons. The van der Waals surface area contributed by atoms with Crippen LogP contribution in [0.25, 0.3) is 27.7 Å². The minimum Gasteiger partial charge on any atom is -0.302 e. The normalized spacial score (nSPS) is 11.0. The fourth-order valence-corrected chi connectivity index (χ4v) is 3.01. The third-order valence-electron chi connectivity index (χ3n) is 4.15. The van der Waals surface area contributed by atoms with Crippen molar-refractivity contribution in [3.8, 4) is 17.3 Å². The van der Waals surface area contributed by atoms with Gasteiger partial charge in [0.15, 0.2) is 0 Å². The van der Waals surface area contributed by atoms with Gasteiger partial charge in [0.2, 0.25) is 0 Å². The fraction of sp³-hybridized carbons (Fsp3) is 0.100. The third kappa shape index (κ3) is 2.25. The molecule has 0 aliphatic carbocycles. The summed E-state index contributed by atoms with van der Waals surface area (Å²) in [5.41, 5.74) is 4.94. The minimum absolute atomic E-state index is 0.340. The van der Waals surface area contributed by atoms with Crippen LogP contribution in [-0.2, 0) is 6.42 Å². The topological polar surface area (TPSA) is 41.1 Å². The molecule has 2 aromatic heterocycles. The van der Waals surface area contributed by atoms with Gasteiger partial charge in [0.05, 0.1) is 23.9 Å². The van der Waals surface area contributed by atoms with Crippen LogP contribution in [0.1, 0.15) is 11.3 Å². The van der Waals surface area contributed by atoms with Crippen LogP contribution in [-0.4, -0.2) is 9.38 Å². The number of pyridine rings is 1. The molecule has 2 aromatic carbocycles. The van der Waals surface area contributed by atoms with Crippen LogP contribution in [0.15, 0.2) is 60.8 Å². The summed E-state index contributed by atoms with van der Waals surface area (Å²) in [5.74, 6) is 0. The lowest BCUT2D eigenvalue weighted by Crippen LogP contribution is -1.93. The Morgan fingerprint density at radius 3 is 2.70 bits per heavy atom. The van der Waals surface area contributed by atoms with Gasteiger partial charge in [-0.2, -0.15) is 5.26 Å². The molecule has 0 amide bonds. The number of imidazole rings is 1. The molecule has 2 heterocycles. The lowest BCUT2D eigenvalue weighted by molar-refractivity contribution is 1.05. The summed E-state index contributed by atoms with van der Waals surface area (Å²) in [6.45, 7) is 2.05. The summed E-state index contributed by atoms with van der Waals surface area (Å²) in [7, 11) is 0. The Kier molecular flexibility index (Phi) is 3.09. The van der Waals surface area contributed by atoms with Crippen LogP contribution in [0.2, 0.25) is 0 Å². The average molecular weight is 297 g/mol. The van der Waals surface area contributed by atoms with Crippen molar-refractivity contribution in [2.75, 3.05) is 0 Å². The molecule has 4 aromatic rings. The Bertz CT molecular complexity index is 1070. The van der Waals surface area contributed by atoms with Gasteiger partial charge in [-0.25, -0.2) is 4.98 Å². The van der Waals surface area contributed by atoms with Crippen molar-refractivity contribution in [1.82, 2.24) is 9.38 Å². The lowest BCUT2D eigenvalue weighted by atomic mass is 10.0. The van der Waals surface area contributed by atoms with E-state index >= 15 is 0 Å². The number of rotatable bonds is 2. The van der Waals surface area contributed by atoms with Crippen LogP contribution >= 0.6 is 0 Å². The summed E-state index contributed by atoms with van der Waals surface area (Å²) in [4.78, 5) is 4.78. The largest absolute Gasteiger partial charge is 0.302 e. The second-order valence-corrected chi connectivity index (χ2v) is 5.74. The van der Waals surface area contributed by atoms with Gasteiger partial charge in [-0.05, 0) is 41.5 Å². The SMILES string of the molecule is Cc1ccn2c(CC#N)c(-c3ccc4ccccc4c3)nc2c1. The Hall–Kier alpha value is -3.12. The van der Waals surface area contributed by atoms with E-state index in [1.165, 1.54) is 10.8 Å². The Balaban J connectivity index is 1.99.